The number of nitrogens with one attached hydrogen (secondary N) is 1. The van der Waals surface area contributed by atoms with Crippen LogP contribution in [0.25, 0.3) is 33.4 Å². The number of nitrogens with two attached hydrogens (primary N) is 2. The molecule has 6 aromatic rings. The normalized spacial score (nSPS) is 29.0. The van der Waals surface area contributed by atoms with Gasteiger partial charge in [-0.2, -0.15) is 10.1 Å². The molecule has 2 bridgehead atoms. The van der Waals surface area contributed by atoms with Crippen molar-refractivity contribution in [1.29, 1.82) is 0 Å². The molecule has 0 unspecified atom stereocenters. The number of Topliss-reactive ketones (excluding diaryl/α,β-unsaturated/α-hetero) is 2. The molecule has 0 radical (unpaired) electrons. The second kappa shape index (κ2) is 47.9. The standard InChI is InChI=1S/C70H110N6O14.C29H31N9O4/c1-44-26-31-74(32-27-44)54-28-33-75(34-29-54)69-71-41-53(42-72-69)21-23-55(77)43-88-73-63-49(6)35-45(2)17-13-12-14-18-46(3)60(85-9)39-56-24-20-51(8)70(84,90-56)66(81)67(82)76-30-16-15-19-57(76)68(83)89-61(48(5)37-52-22-25-58(78)62(38-52)86-10)40-59(79)47(4)36-50(7)64(80)65(63)87-11;1-17(39)32-8-11-41-10-7-24(40)37-9-6-19-12-18(2-3-21(19)15-37)14-38-28-25(27(30)33-16-34-28)26(36-38)20-4-5-23-22(13-20)35-29(31)42-23/h12-14,17-18,36,41-42,44-45,47-49,51-52,54,56-62,64-65,78-80,84H,15-16,19-35,37-40,43H2,1-11H3;2-5,12-13,16H,6-11,14-15H2,1H3,(H2,31,35)(H,32,39)(H2,30,33,34)/b14-12+,17-13+,46-18+,50-36+,73-63?;/t45-,47-,48-,49-,51-,52+,56+,57+,58-,59-,60+,61+,62-,64-,65+,70-;/m1./s1. The van der Waals surface area contributed by atoms with Gasteiger partial charge in [0, 0.05) is 129 Å². The lowest BCUT2D eigenvalue weighted by molar-refractivity contribution is -0.265. The number of oxime groups is 1. The molecule has 10 heterocycles. The molecular formula is C99H141N15O18. The van der Waals surface area contributed by atoms with E-state index in [9.17, 15) is 49.2 Å². The van der Waals surface area contributed by atoms with Gasteiger partial charge >= 0.3 is 5.97 Å². The van der Waals surface area contributed by atoms with Crippen LogP contribution in [0.4, 0.5) is 17.8 Å². The molecule has 1 saturated carbocycles. The first kappa shape index (κ1) is 101. The third-order valence-corrected chi connectivity index (χ3v) is 27.8. The van der Waals surface area contributed by atoms with Crippen molar-refractivity contribution in [3.8, 4) is 11.3 Å². The number of carbonyl (C=O) groups excluding carboxylic acids is 6. The number of oxazole rings is 1. The number of ether oxygens (including phenoxy) is 6. The molecule has 7 aliphatic rings. The maximum absolute atomic E-state index is 14.7. The summed E-state index contributed by atoms with van der Waals surface area (Å²) >= 11 is 0. The summed E-state index contributed by atoms with van der Waals surface area (Å²) in [5.74, 6) is -5.45. The Labute approximate surface area is 775 Å². The number of anilines is 3. The number of nitrogen functional groups attached to an aromatic ring is 2. The first-order valence-electron chi connectivity index (χ1n) is 47.5. The molecule has 4 saturated heterocycles. The zero-order chi connectivity index (χ0) is 94.5. The fourth-order valence-electron chi connectivity index (χ4n) is 19.7. The molecule has 0 spiro atoms. The van der Waals surface area contributed by atoms with Crippen LogP contribution in [0, 0.1) is 41.4 Å². The molecule has 5 fully saturated rings. The lowest BCUT2D eigenvalue weighted by Crippen LogP contribution is -2.61. The average molecular weight is 1830 g/mol. The Hall–Kier alpha value is -9.81. The smallest absolute Gasteiger partial charge is 0.329 e. The van der Waals surface area contributed by atoms with Crippen LogP contribution in [0.5, 0.6) is 0 Å². The Balaban J connectivity index is 0.000000309. The predicted octanol–water partition coefficient (Wildman–Crippen LogP) is 10.7. The van der Waals surface area contributed by atoms with Crippen molar-refractivity contribution in [1.82, 2.24) is 54.7 Å². The first-order valence-corrected chi connectivity index (χ1v) is 47.5. The highest BCUT2D eigenvalue weighted by molar-refractivity contribution is 6.39. The van der Waals surface area contributed by atoms with Crippen molar-refractivity contribution in [3.63, 3.8) is 0 Å². The number of nitrogens with zero attached hydrogens (tertiary/aromatic N) is 12. The summed E-state index contributed by atoms with van der Waals surface area (Å²) in [6.45, 7) is 23.9. The predicted molar refractivity (Wildman–Crippen MR) is 501 cm³/mol. The van der Waals surface area contributed by atoms with Crippen LogP contribution in [0.1, 0.15) is 200 Å². The largest absolute Gasteiger partial charge is 0.460 e. The molecule has 33 heteroatoms. The Morgan fingerprint density at radius 1 is 0.765 bits per heavy atom. The average Bonchev–Trinajstić information content (AvgIpc) is 1.56. The summed E-state index contributed by atoms with van der Waals surface area (Å²) in [6, 6.07) is 11.4. The van der Waals surface area contributed by atoms with Gasteiger partial charge in [0.15, 0.2) is 23.6 Å². The minimum Gasteiger partial charge on any atom is -0.460 e. The lowest BCUT2D eigenvalue weighted by atomic mass is 9.78. The van der Waals surface area contributed by atoms with Gasteiger partial charge < -0.3 is 94.5 Å². The van der Waals surface area contributed by atoms with Gasteiger partial charge in [-0.05, 0) is 205 Å². The number of fused-ring (bicyclic) bond motifs is 6. The number of allylic oxidation sites excluding steroid dienone is 5. The summed E-state index contributed by atoms with van der Waals surface area (Å²) in [5, 5.41) is 60.0. The zero-order valence-electron chi connectivity index (χ0n) is 79.1. The van der Waals surface area contributed by atoms with Crippen molar-refractivity contribution >= 4 is 80.9 Å². The number of aromatic nitrogens is 7. The van der Waals surface area contributed by atoms with Crippen molar-refractivity contribution in [3.05, 3.63) is 125 Å². The summed E-state index contributed by atoms with van der Waals surface area (Å²) in [4.78, 5) is 117. The summed E-state index contributed by atoms with van der Waals surface area (Å²) in [6.07, 6.45) is 22.4. The number of aliphatic hydroxyl groups is 4. The van der Waals surface area contributed by atoms with Crippen molar-refractivity contribution in [2.75, 3.05) is 103 Å². The molecule has 16 atom stereocenters. The Bertz CT molecular complexity index is 5020. The van der Waals surface area contributed by atoms with Gasteiger partial charge in [0.05, 0.1) is 67.8 Å². The fraction of sp³-hybridized carbons (Fsp3) is 0.626. The molecule has 9 N–H and O–H groups in total. The van der Waals surface area contributed by atoms with Gasteiger partial charge in [0.2, 0.25) is 23.5 Å². The van der Waals surface area contributed by atoms with Crippen LogP contribution in [0.2, 0.25) is 0 Å². The van der Waals surface area contributed by atoms with Gasteiger partial charge in [-0.15, -0.1) is 0 Å². The Kier molecular flexibility index (Phi) is 36.7. The number of cyclic esters (lactones) is 1. The van der Waals surface area contributed by atoms with Crippen molar-refractivity contribution < 1.29 is 86.9 Å². The van der Waals surface area contributed by atoms with Crippen molar-refractivity contribution in [2.45, 2.75) is 271 Å². The molecule has 3 amide bonds. The molecule has 4 aromatic heterocycles. The van der Waals surface area contributed by atoms with Gasteiger partial charge in [-0.1, -0.05) is 101 Å². The highest BCUT2D eigenvalue weighted by Gasteiger charge is 2.53. The summed E-state index contributed by atoms with van der Waals surface area (Å²) in [5.41, 5.74) is 21.3. The van der Waals surface area contributed by atoms with Crippen LogP contribution in [-0.4, -0.2) is 264 Å². The molecule has 33 nitrogen and oxygen atoms in total. The van der Waals surface area contributed by atoms with Crippen LogP contribution < -0.4 is 21.7 Å². The van der Waals surface area contributed by atoms with Crippen LogP contribution >= 0.6 is 0 Å². The van der Waals surface area contributed by atoms with Crippen molar-refractivity contribution in [2.24, 2.45) is 46.6 Å². The highest BCUT2D eigenvalue weighted by atomic mass is 16.6. The quantitative estimate of drug-likeness (QED) is 0.0103. The maximum atomic E-state index is 14.7. The van der Waals surface area contributed by atoms with E-state index in [4.69, 9.17) is 64.2 Å². The number of rotatable bonds is 23. The van der Waals surface area contributed by atoms with Crippen LogP contribution in [0.15, 0.2) is 112 Å². The van der Waals surface area contributed by atoms with Crippen LogP contribution in [0.3, 0.4) is 0 Å². The van der Waals surface area contributed by atoms with E-state index in [0.717, 1.165) is 72.5 Å². The van der Waals surface area contributed by atoms with E-state index in [1.54, 1.807) is 52.6 Å². The number of aryl methyl sites for hydroxylation is 1. The van der Waals surface area contributed by atoms with E-state index < -0.39 is 84.1 Å². The van der Waals surface area contributed by atoms with E-state index in [1.165, 1.54) is 56.8 Å². The third-order valence-electron chi connectivity index (χ3n) is 27.8. The molecular weight excluding hydrogens is 1690 g/mol. The second-order valence-corrected chi connectivity index (χ2v) is 37.8. The van der Waals surface area contributed by atoms with Gasteiger partial charge in [0.25, 0.3) is 17.7 Å². The number of piperidine rings is 3. The molecule has 2 aromatic carbocycles. The Morgan fingerprint density at radius 3 is 2.28 bits per heavy atom. The fourth-order valence-corrected chi connectivity index (χ4v) is 19.7. The molecule has 13 rings (SSSR count). The topological polar surface area (TPSA) is 433 Å². The Morgan fingerprint density at radius 2 is 1.54 bits per heavy atom. The van der Waals surface area contributed by atoms with E-state index in [2.05, 4.69) is 73.3 Å². The number of aliphatic hydroxyl groups excluding tert-OH is 3. The first-order chi connectivity index (χ1) is 63.4. The molecule has 1 aliphatic carbocycles. The van der Waals surface area contributed by atoms with E-state index >= 15 is 0 Å². The lowest BCUT2D eigenvalue weighted by Gasteiger charge is -2.43. The maximum Gasteiger partial charge on any atom is 0.329 e. The van der Waals surface area contributed by atoms with Gasteiger partial charge in [-0.25, -0.2) is 29.4 Å². The molecule has 720 valence electrons. The number of hydrogen-bond donors (Lipinski definition) is 7. The number of amides is 3. The number of methoxy groups -OCH3 is 3. The van der Waals surface area contributed by atoms with Gasteiger partial charge in [-0.3, -0.25) is 24.0 Å². The van der Waals surface area contributed by atoms with E-state index in [0.29, 0.717) is 167 Å². The number of esters is 1. The number of likely N-dealkylation sites (tertiary alicyclic amines) is 1. The van der Waals surface area contributed by atoms with E-state index in [-0.39, 0.29) is 85.8 Å². The summed E-state index contributed by atoms with van der Waals surface area (Å²) in [7, 11) is 4.66. The van der Waals surface area contributed by atoms with E-state index in [1.807, 2.05) is 73.7 Å². The number of ketones is 2. The van der Waals surface area contributed by atoms with Crippen LogP contribution in [-0.2, 0) is 88.0 Å². The highest BCUT2D eigenvalue weighted by Crippen LogP contribution is 2.40. The number of carbonyl (C=O) groups is 6. The minimum atomic E-state index is -2.44. The SMILES string of the molecule is CC(=O)NCCOCCC(=O)N1CCc2cc(Cn3nc(-c4ccc5oc(N)nc5c4)c4c(N)ncnc43)ccc2C1.CO[C@H]1C[C@@H]2CC[C@@H](C)[C@@](O)(O2)C(=O)C(=O)N2CCCC[C@H]2C(=O)O[C@H]([C@H](C)C[C@@H]2CC[C@@H](O)[C@H](OC)C2)C[C@@H](O)[C@H](C)/C=C(\C)[C@@H](O)[C@@H](OC)C(=NOCC(=O)CCc2cnc(N3CCC(N4CCC(C)CC4)CC3)nc2)[C@H](C)C[C@H](C)/C=C/C=C/C=C/1C. The molecule has 6 aliphatic heterocycles. The summed E-state index contributed by atoms with van der Waals surface area (Å²) < 4.78 is 43.0. The second-order valence-electron chi connectivity index (χ2n) is 37.8. The number of hydrogen-bond acceptors (Lipinski definition) is 29. The minimum absolute atomic E-state index is 0.00394. The third kappa shape index (κ3) is 26.6. The monoisotopic (exact) mass is 1830 g/mol. The number of benzene rings is 2. The van der Waals surface area contributed by atoms with Gasteiger partial charge in [0.1, 0.15) is 47.7 Å². The zero-order valence-corrected chi connectivity index (χ0v) is 79.1. The molecule has 132 heavy (non-hydrogen) atoms.